The maximum absolute atomic E-state index is 6.07. The standard InChI is InChI=1S/C12H14ClN3O/c1-7-5-10(15-16-12(7)14)8-3-4-11(17-2)9(13)6-8/h3-4,6-7H,5H2,1-2H3,(H2,14,16). The molecule has 1 atom stereocenters. The smallest absolute Gasteiger partial charge is 0.137 e. The van der Waals surface area contributed by atoms with Gasteiger partial charge in [0.1, 0.15) is 11.6 Å². The molecule has 0 aromatic heterocycles. The number of benzene rings is 1. The van der Waals surface area contributed by atoms with Crippen LogP contribution in [0.25, 0.3) is 0 Å². The normalized spacial score (nSPS) is 19.6. The maximum Gasteiger partial charge on any atom is 0.137 e. The summed E-state index contributed by atoms with van der Waals surface area (Å²) in [5.41, 5.74) is 7.55. The van der Waals surface area contributed by atoms with Gasteiger partial charge in [-0.3, -0.25) is 0 Å². The average Bonchev–Trinajstić information content (AvgIpc) is 2.32. The van der Waals surface area contributed by atoms with Crippen molar-refractivity contribution in [1.82, 2.24) is 0 Å². The Labute approximate surface area is 105 Å². The highest BCUT2D eigenvalue weighted by molar-refractivity contribution is 6.32. The van der Waals surface area contributed by atoms with Crippen LogP contribution in [-0.4, -0.2) is 18.7 Å². The lowest BCUT2D eigenvalue weighted by atomic mass is 9.97. The number of ether oxygens (including phenoxy) is 1. The highest BCUT2D eigenvalue weighted by Crippen LogP contribution is 2.26. The number of nitrogens with zero attached hydrogens (tertiary/aromatic N) is 2. The predicted molar refractivity (Wildman–Crippen MR) is 69.9 cm³/mol. The van der Waals surface area contributed by atoms with E-state index in [0.717, 1.165) is 17.7 Å². The summed E-state index contributed by atoms with van der Waals surface area (Å²) in [4.78, 5) is 0. The summed E-state index contributed by atoms with van der Waals surface area (Å²) in [6, 6.07) is 5.59. The summed E-state index contributed by atoms with van der Waals surface area (Å²) < 4.78 is 5.11. The molecule has 17 heavy (non-hydrogen) atoms. The molecule has 1 heterocycles. The Kier molecular flexibility index (Phi) is 3.33. The van der Waals surface area contributed by atoms with E-state index in [0.29, 0.717) is 16.6 Å². The monoisotopic (exact) mass is 251 g/mol. The van der Waals surface area contributed by atoms with Crippen molar-refractivity contribution in [3.63, 3.8) is 0 Å². The van der Waals surface area contributed by atoms with Crippen molar-refractivity contribution in [2.75, 3.05) is 7.11 Å². The number of amidine groups is 1. The molecule has 1 aliphatic rings. The minimum atomic E-state index is 0.211. The van der Waals surface area contributed by atoms with Gasteiger partial charge in [0.2, 0.25) is 0 Å². The van der Waals surface area contributed by atoms with Crippen LogP contribution in [0.2, 0.25) is 5.02 Å². The van der Waals surface area contributed by atoms with Crippen molar-refractivity contribution in [3.05, 3.63) is 28.8 Å². The van der Waals surface area contributed by atoms with Gasteiger partial charge in [-0.05, 0) is 23.8 Å². The van der Waals surface area contributed by atoms with Crippen LogP contribution < -0.4 is 10.5 Å². The molecule has 2 N–H and O–H groups in total. The molecule has 1 unspecified atom stereocenters. The van der Waals surface area contributed by atoms with Gasteiger partial charge < -0.3 is 10.5 Å². The van der Waals surface area contributed by atoms with Crippen LogP contribution in [0.15, 0.2) is 28.4 Å². The van der Waals surface area contributed by atoms with E-state index in [1.54, 1.807) is 7.11 Å². The fourth-order valence-corrected chi connectivity index (χ4v) is 1.93. The second-order valence-corrected chi connectivity index (χ2v) is 4.43. The third kappa shape index (κ3) is 2.42. The first-order chi connectivity index (χ1) is 8.11. The molecule has 0 saturated heterocycles. The topological polar surface area (TPSA) is 60.0 Å². The molecule has 0 spiro atoms. The lowest BCUT2D eigenvalue weighted by molar-refractivity contribution is 0.415. The van der Waals surface area contributed by atoms with E-state index in [1.165, 1.54) is 0 Å². The molecule has 0 bridgehead atoms. The number of nitrogens with two attached hydrogens (primary N) is 1. The van der Waals surface area contributed by atoms with Crippen molar-refractivity contribution >= 4 is 23.1 Å². The third-order valence-electron chi connectivity index (χ3n) is 2.78. The summed E-state index contributed by atoms with van der Waals surface area (Å²) in [5, 5.41) is 8.63. The molecule has 0 aliphatic carbocycles. The molecular formula is C12H14ClN3O. The van der Waals surface area contributed by atoms with Gasteiger partial charge in [0.05, 0.1) is 17.8 Å². The summed E-state index contributed by atoms with van der Waals surface area (Å²) in [5.74, 6) is 1.44. The number of rotatable bonds is 2. The molecular weight excluding hydrogens is 238 g/mol. The molecule has 0 radical (unpaired) electrons. The van der Waals surface area contributed by atoms with Crippen LogP contribution in [-0.2, 0) is 0 Å². The van der Waals surface area contributed by atoms with Gasteiger partial charge in [-0.2, -0.15) is 5.10 Å². The quantitative estimate of drug-likeness (QED) is 0.878. The molecule has 0 amide bonds. The van der Waals surface area contributed by atoms with E-state index >= 15 is 0 Å². The highest BCUT2D eigenvalue weighted by atomic mass is 35.5. The molecule has 0 saturated carbocycles. The maximum atomic E-state index is 6.07. The Morgan fingerprint density at radius 1 is 1.41 bits per heavy atom. The van der Waals surface area contributed by atoms with Crippen molar-refractivity contribution in [2.24, 2.45) is 21.9 Å². The summed E-state index contributed by atoms with van der Waals surface area (Å²) in [6.07, 6.45) is 0.776. The van der Waals surface area contributed by atoms with Crippen LogP contribution in [0, 0.1) is 5.92 Å². The molecule has 1 aromatic rings. The molecule has 5 heteroatoms. The van der Waals surface area contributed by atoms with Gasteiger partial charge in [0, 0.05) is 12.3 Å². The third-order valence-corrected chi connectivity index (χ3v) is 3.07. The minimum absolute atomic E-state index is 0.211. The zero-order valence-electron chi connectivity index (χ0n) is 9.77. The van der Waals surface area contributed by atoms with Crippen LogP contribution in [0.3, 0.4) is 0 Å². The van der Waals surface area contributed by atoms with E-state index in [4.69, 9.17) is 22.1 Å². The SMILES string of the molecule is COc1ccc(C2=NN=C(N)C(C)C2)cc1Cl. The van der Waals surface area contributed by atoms with Gasteiger partial charge in [-0.25, -0.2) is 0 Å². The summed E-state index contributed by atoms with van der Waals surface area (Å²) in [7, 11) is 1.59. The molecule has 1 aliphatic heterocycles. The van der Waals surface area contributed by atoms with Crippen molar-refractivity contribution in [3.8, 4) is 5.75 Å². The zero-order chi connectivity index (χ0) is 12.4. The largest absolute Gasteiger partial charge is 0.495 e. The first-order valence-electron chi connectivity index (χ1n) is 5.35. The second-order valence-electron chi connectivity index (χ2n) is 4.03. The van der Waals surface area contributed by atoms with E-state index in [2.05, 4.69) is 10.2 Å². The van der Waals surface area contributed by atoms with Gasteiger partial charge in [-0.15, -0.1) is 5.10 Å². The lowest BCUT2D eigenvalue weighted by Gasteiger charge is -2.16. The van der Waals surface area contributed by atoms with E-state index in [-0.39, 0.29) is 5.92 Å². The molecule has 1 aromatic carbocycles. The molecule has 0 fully saturated rings. The van der Waals surface area contributed by atoms with Crippen LogP contribution in [0.5, 0.6) is 5.75 Å². The average molecular weight is 252 g/mol. The summed E-state index contributed by atoms with van der Waals surface area (Å²) in [6.45, 7) is 2.03. The van der Waals surface area contributed by atoms with E-state index in [1.807, 2.05) is 25.1 Å². The summed E-state index contributed by atoms with van der Waals surface area (Å²) >= 11 is 6.07. The van der Waals surface area contributed by atoms with Crippen LogP contribution in [0.1, 0.15) is 18.9 Å². The number of hydrogen-bond acceptors (Lipinski definition) is 4. The number of halogens is 1. The first kappa shape index (κ1) is 11.9. The van der Waals surface area contributed by atoms with Crippen molar-refractivity contribution in [1.29, 1.82) is 0 Å². The Morgan fingerprint density at radius 3 is 2.76 bits per heavy atom. The van der Waals surface area contributed by atoms with Crippen LogP contribution >= 0.6 is 11.6 Å². The van der Waals surface area contributed by atoms with Gasteiger partial charge in [-0.1, -0.05) is 18.5 Å². The predicted octanol–water partition coefficient (Wildman–Crippen LogP) is 2.45. The number of methoxy groups -OCH3 is 1. The van der Waals surface area contributed by atoms with Crippen molar-refractivity contribution < 1.29 is 4.74 Å². The molecule has 90 valence electrons. The Hall–Kier alpha value is -1.55. The van der Waals surface area contributed by atoms with E-state index in [9.17, 15) is 0 Å². The lowest BCUT2D eigenvalue weighted by Crippen LogP contribution is -2.26. The van der Waals surface area contributed by atoms with Gasteiger partial charge in [0.15, 0.2) is 0 Å². The Bertz CT molecular complexity index is 497. The molecule has 4 nitrogen and oxygen atoms in total. The van der Waals surface area contributed by atoms with Crippen molar-refractivity contribution in [2.45, 2.75) is 13.3 Å². The minimum Gasteiger partial charge on any atom is -0.495 e. The van der Waals surface area contributed by atoms with Gasteiger partial charge in [0.25, 0.3) is 0 Å². The second kappa shape index (κ2) is 4.75. The van der Waals surface area contributed by atoms with Crippen LogP contribution in [0.4, 0.5) is 0 Å². The first-order valence-corrected chi connectivity index (χ1v) is 5.73. The fourth-order valence-electron chi connectivity index (χ4n) is 1.67. The Balaban J connectivity index is 2.33. The van der Waals surface area contributed by atoms with Gasteiger partial charge >= 0.3 is 0 Å². The van der Waals surface area contributed by atoms with E-state index < -0.39 is 0 Å². The highest BCUT2D eigenvalue weighted by Gasteiger charge is 2.17. The zero-order valence-corrected chi connectivity index (χ0v) is 10.5. The molecule has 2 rings (SSSR count). The number of hydrogen-bond donors (Lipinski definition) is 1. The fraction of sp³-hybridized carbons (Fsp3) is 0.333. The Morgan fingerprint density at radius 2 is 2.18 bits per heavy atom.